The molecule has 2 atom stereocenters. The molecule has 40 heavy (non-hydrogen) atoms. The lowest BCUT2D eigenvalue weighted by atomic mass is 9.76. The number of rotatable bonds is 8. The Labute approximate surface area is 233 Å². The van der Waals surface area contributed by atoms with Crippen LogP contribution in [0.15, 0.2) is 78.4 Å². The van der Waals surface area contributed by atoms with Crippen LogP contribution in [-0.4, -0.2) is 37.4 Å². The fourth-order valence-electron chi connectivity index (χ4n) is 5.66. The van der Waals surface area contributed by atoms with Crippen LogP contribution in [0.25, 0.3) is 6.08 Å². The SMILES string of the molecule is COc1ccc2c3c1OCC1(CC1)CC3C(=O)C(C(=O)N[C@@H](Cc1ccccc1)C(=O)OCc1ccccc1)=C2. The highest BCUT2D eigenvalue weighted by Crippen LogP contribution is 2.58. The fraction of sp³-hybridized carbons (Fsp3) is 0.303. The summed E-state index contributed by atoms with van der Waals surface area (Å²) in [4.78, 5) is 40.8. The summed E-state index contributed by atoms with van der Waals surface area (Å²) < 4.78 is 17.3. The second kappa shape index (κ2) is 10.6. The number of Topliss-reactive ketones (excluding diaryl/α,β-unsaturated/α-hetero) is 1. The van der Waals surface area contributed by atoms with Crippen LogP contribution in [0.4, 0.5) is 0 Å². The van der Waals surface area contributed by atoms with Crippen LogP contribution in [-0.2, 0) is 32.1 Å². The molecule has 3 aromatic carbocycles. The maximum Gasteiger partial charge on any atom is 0.329 e. The summed E-state index contributed by atoms with van der Waals surface area (Å²) in [7, 11) is 1.58. The Morgan fingerprint density at radius 1 is 1.00 bits per heavy atom. The van der Waals surface area contributed by atoms with Gasteiger partial charge in [0.05, 0.1) is 25.2 Å². The maximum absolute atomic E-state index is 13.9. The molecule has 6 rings (SSSR count). The number of methoxy groups -OCH3 is 1. The average Bonchev–Trinajstić information content (AvgIpc) is 3.78. The van der Waals surface area contributed by atoms with Gasteiger partial charge in [-0.1, -0.05) is 66.7 Å². The number of hydrogen-bond acceptors (Lipinski definition) is 6. The predicted octanol–water partition coefficient (Wildman–Crippen LogP) is 4.78. The molecular weight excluding hydrogens is 506 g/mol. The molecule has 0 bridgehead atoms. The monoisotopic (exact) mass is 537 g/mol. The van der Waals surface area contributed by atoms with Gasteiger partial charge in [0.2, 0.25) is 0 Å². The van der Waals surface area contributed by atoms with Crippen molar-refractivity contribution in [2.24, 2.45) is 5.41 Å². The normalized spacial score (nSPS) is 18.9. The molecule has 1 saturated carbocycles. The van der Waals surface area contributed by atoms with Gasteiger partial charge in [0.15, 0.2) is 17.3 Å². The first-order valence-electron chi connectivity index (χ1n) is 13.6. The number of carbonyl (C=O) groups excluding carboxylic acids is 3. The first-order valence-corrected chi connectivity index (χ1v) is 13.6. The van der Waals surface area contributed by atoms with Crippen LogP contribution < -0.4 is 14.8 Å². The summed E-state index contributed by atoms with van der Waals surface area (Å²) in [6.07, 6.45) is 4.44. The van der Waals surface area contributed by atoms with E-state index in [4.69, 9.17) is 14.2 Å². The summed E-state index contributed by atoms with van der Waals surface area (Å²) in [5.41, 5.74) is 3.24. The van der Waals surface area contributed by atoms with E-state index in [0.29, 0.717) is 24.5 Å². The van der Waals surface area contributed by atoms with Crippen molar-refractivity contribution < 1.29 is 28.6 Å². The van der Waals surface area contributed by atoms with Crippen molar-refractivity contribution in [2.75, 3.05) is 13.7 Å². The van der Waals surface area contributed by atoms with Gasteiger partial charge in [-0.3, -0.25) is 9.59 Å². The second-order valence-electron chi connectivity index (χ2n) is 10.9. The van der Waals surface area contributed by atoms with E-state index in [1.807, 2.05) is 66.7 Å². The van der Waals surface area contributed by atoms with Gasteiger partial charge in [0, 0.05) is 17.4 Å². The van der Waals surface area contributed by atoms with Crippen molar-refractivity contribution in [2.45, 2.75) is 44.2 Å². The Balaban J connectivity index is 1.28. The molecule has 0 radical (unpaired) electrons. The van der Waals surface area contributed by atoms with Gasteiger partial charge in [0.1, 0.15) is 12.6 Å². The quantitative estimate of drug-likeness (QED) is 0.329. The van der Waals surface area contributed by atoms with E-state index in [0.717, 1.165) is 35.1 Å². The molecule has 204 valence electrons. The van der Waals surface area contributed by atoms with Gasteiger partial charge in [-0.15, -0.1) is 0 Å². The third-order valence-corrected chi connectivity index (χ3v) is 8.10. The smallest absolute Gasteiger partial charge is 0.329 e. The first-order chi connectivity index (χ1) is 19.5. The van der Waals surface area contributed by atoms with E-state index >= 15 is 0 Å². The zero-order valence-electron chi connectivity index (χ0n) is 22.4. The van der Waals surface area contributed by atoms with Crippen molar-refractivity contribution in [3.05, 3.63) is 101 Å². The van der Waals surface area contributed by atoms with Gasteiger partial charge in [-0.2, -0.15) is 0 Å². The van der Waals surface area contributed by atoms with E-state index in [9.17, 15) is 14.4 Å². The Hall–Kier alpha value is -4.39. The summed E-state index contributed by atoms with van der Waals surface area (Å²) in [5.74, 6) is -0.734. The number of esters is 1. The van der Waals surface area contributed by atoms with Crippen molar-refractivity contribution in [1.29, 1.82) is 0 Å². The Kier molecular flexibility index (Phi) is 6.88. The van der Waals surface area contributed by atoms with Crippen LogP contribution in [0.2, 0.25) is 0 Å². The molecule has 1 spiro atoms. The number of benzene rings is 3. The van der Waals surface area contributed by atoms with Crippen molar-refractivity contribution in [1.82, 2.24) is 5.32 Å². The first kappa shape index (κ1) is 25.9. The number of ketones is 1. The lowest BCUT2D eigenvalue weighted by molar-refractivity contribution is -0.149. The van der Waals surface area contributed by atoms with Crippen LogP contribution in [0, 0.1) is 5.41 Å². The zero-order chi connectivity index (χ0) is 27.7. The molecule has 1 unspecified atom stereocenters. The average molecular weight is 538 g/mol. The lowest BCUT2D eigenvalue weighted by Crippen LogP contribution is -2.45. The second-order valence-corrected chi connectivity index (χ2v) is 10.9. The Morgan fingerprint density at radius 3 is 2.38 bits per heavy atom. The van der Waals surface area contributed by atoms with E-state index in [1.54, 1.807) is 19.3 Å². The maximum atomic E-state index is 13.9. The van der Waals surface area contributed by atoms with Gasteiger partial charge < -0.3 is 19.5 Å². The highest BCUT2D eigenvalue weighted by molar-refractivity contribution is 6.26. The zero-order valence-corrected chi connectivity index (χ0v) is 22.4. The molecule has 2 aliphatic carbocycles. The minimum absolute atomic E-state index is 0.0419. The van der Waals surface area contributed by atoms with Crippen LogP contribution in [0.3, 0.4) is 0 Å². The van der Waals surface area contributed by atoms with E-state index < -0.39 is 23.8 Å². The Bertz CT molecular complexity index is 1480. The molecule has 0 aromatic heterocycles. The molecule has 1 heterocycles. The number of carbonyl (C=O) groups is 3. The number of hydrogen-bond donors (Lipinski definition) is 1. The topological polar surface area (TPSA) is 90.9 Å². The van der Waals surface area contributed by atoms with Gasteiger partial charge >= 0.3 is 5.97 Å². The molecule has 0 saturated heterocycles. The summed E-state index contributed by atoms with van der Waals surface area (Å²) in [5, 5.41) is 2.83. The molecule has 7 nitrogen and oxygen atoms in total. The molecular formula is C33H31NO6. The van der Waals surface area contributed by atoms with E-state index in [2.05, 4.69) is 5.32 Å². The molecule has 7 heteroatoms. The third kappa shape index (κ3) is 5.11. The molecule has 1 N–H and O–H groups in total. The van der Waals surface area contributed by atoms with Gasteiger partial charge in [-0.25, -0.2) is 4.79 Å². The summed E-state index contributed by atoms with van der Waals surface area (Å²) in [6, 6.07) is 21.5. The van der Waals surface area contributed by atoms with Crippen molar-refractivity contribution >= 4 is 23.7 Å². The summed E-state index contributed by atoms with van der Waals surface area (Å²) in [6.45, 7) is 0.613. The number of amides is 1. The third-order valence-electron chi connectivity index (χ3n) is 8.10. The molecule has 1 fully saturated rings. The highest BCUT2D eigenvalue weighted by atomic mass is 16.5. The molecule has 1 amide bonds. The van der Waals surface area contributed by atoms with Crippen molar-refractivity contribution in [3.8, 4) is 11.5 Å². The highest BCUT2D eigenvalue weighted by Gasteiger charge is 2.51. The Morgan fingerprint density at radius 2 is 1.70 bits per heavy atom. The van der Waals surface area contributed by atoms with Crippen LogP contribution in [0.1, 0.15) is 47.4 Å². The van der Waals surface area contributed by atoms with E-state index in [-0.39, 0.29) is 29.8 Å². The minimum atomic E-state index is -0.965. The minimum Gasteiger partial charge on any atom is -0.493 e. The van der Waals surface area contributed by atoms with Crippen LogP contribution >= 0.6 is 0 Å². The fourth-order valence-corrected chi connectivity index (χ4v) is 5.66. The number of nitrogens with one attached hydrogen (secondary N) is 1. The van der Waals surface area contributed by atoms with Crippen LogP contribution in [0.5, 0.6) is 11.5 Å². The van der Waals surface area contributed by atoms with Gasteiger partial charge in [-0.05, 0) is 48.1 Å². The molecule has 3 aliphatic rings. The van der Waals surface area contributed by atoms with Gasteiger partial charge in [0.25, 0.3) is 5.91 Å². The number of ether oxygens (including phenoxy) is 3. The summed E-state index contributed by atoms with van der Waals surface area (Å²) >= 11 is 0. The van der Waals surface area contributed by atoms with Crippen molar-refractivity contribution in [3.63, 3.8) is 0 Å². The van der Waals surface area contributed by atoms with E-state index in [1.165, 1.54) is 0 Å². The lowest BCUT2D eigenvalue weighted by Gasteiger charge is -2.26. The molecule has 3 aromatic rings. The predicted molar refractivity (Wildman–Crippen MR) is 149 cm³/mol. The standard InChI is InChI=1S/C33H31NO6/c1-38-27-13-12-23-17-24(29(35)25-18-33(14-15-33)20-40-30(27)28(23)25)31(36)34-26(16-21-8-4-2-5-9-21)32(37)39-19-22-10-6-3-7-11-22/h2-13,17,25-26H,14-16,18-20H2,1H3,(H,34,36)/t25?,26-/m0/s1. The largest absolute Gasteiger partial charge is 0.493 e. The molecule has 1 aliphatic heterocycles.